The molecule has 16 N–H and O–H groups in total. The predicted molar refractivity (Wildman–Crippen MR) is 323 cm³/mol. The first-order chi connectivity index (χ1) is 36.3. The van der Waals surface area contributed by atoms with Gasteiger partial charge >= 0.3 is 0 Å². The van der Waals surface area contributed by atoms with Gasteiger partial charge < -0.3 is 44.2 Å². The van der Waals surface area contributed by atoms with E-state index in [-0.39, 0.29) is 118 Å². The average Bonchev–Trinajstić information content (AvgIpc) is 3.36. The van der Waals surface area contributed by atoms with Gasteiger partial charge in [-0.25, -0.2) is 0 Å². The van der Waals surface area contributed by atoms with Crippen molar-refractivity contribution in [1.82, 2.24) is 21.3 Å². The minimum Gasteiger partial charge on any atom is -0.384 e. The van der Waals surface area contributed by atoms with Crippen molar-refractivity contribution in [3.63, 3.8) is 0 Å². The number of carbonyl (C=O) groups excluding carboxylic acids is 4. The standard InChI is InChI=1S/2C16H25N3O.2C15H23N3O/c1-10(2)15(20)14(19-11(3)4)9-12-5-7-13(8-6-12)16(17)18;1-10(2)15(20)14(19-11(3)4)9-12-6-5-7-13(8-12)16(17)18;1-9(2)14(19)13(18-10(3)4)11-5-7-12(8-6-11)15(16)17;1-9(2)14(19)13(18-10(3)4)11-6-5-7-12(8-11)15(16)17/h2*5-8,10-11,14,19H,9H2,1-4H3,(H3,17,18);2*5-10,13,18H,1-4H3,(H3,16,17). The van der Waals surface area contributed by atoms with Crippen molar-refractivity contribution in [1.29, 1.82) is 21.6 Å². The molecule has 0 fully saturated rings. The molecule has 428 valence electrons. The number of nitrogen functional groups attached to an aromatic ring is 4. The van der Waals surface area contributed by atoms with Crippen LogP contribution in [-0.2, 0) is 32.0 Å². The van der Waals surface area contributed by atoms with Crippen molar-refractivity contribution in [3.05, 3.63) is 142 Å². The van der Waals surface area contributed by atoms with Crippen LogP contribution < -0.4 is 44.2 Å². The zero-order valence-corrected chi connectivity index (χ0v) is 49.5. The molecule has 0 saturated heterocycles. The molecule has 0 heterocycles. The lowest BCUT2D eigenvalue weighted by Gasteiger charge is -2.22. The van der Waals surface area contributed by atoms with Gasteiger partial charge in [0.25, 0.3) is 0 Å². The van der Waals surface area contributed by atoms with E-state index >= 15 is 0 Å². The Bertz CT molecular complexity index is 2570. The number of amidine groups is 4. The monoisotopic (exact) mass is 1070 g/mol. The summed E-state index contributed by atoms with van der Waals surface area (Å²) in [6.45, 7) is 31.5. The summed E-state index contributed by atoms with van der Waals surface area (Å²) in [5.74, 6) is 0.880. The van der Waals surface area contributed by atoms with Crippen LogP contribution in [0.15, 0.2) is 97.1 Å². The van der Waals surface area contributed by atoms with E-state index in [1.165, 1.54) is 0 Å². The van der Waals surface area contributed by atoms with E-state index in [0.717, 1.165) is 22.3 Å². The van der Waals surface area contributed by atoms with Crippen LogP contribution in [0.3, 0.4) is 0 Å². The Morgan fingerprint density at radius 2 is 0.679 bits per heavy atom. The number of hydrogen-bond donors (Lipinski definition) is 12. The summed E-state index contributed by atoms with van der Waals surface area (Å²) in [5, 5.41) is 42.9. The highest BCUT2D eigenvalue weighted by Crippen LogP contribution is 2.22. The third kappa shape index (κ3) is 25.2. The predicted octanol–water partition coefficient (Wildman–Crippen LogP) is 8.68. The van der Waals surface area contributed by atoms with E-state index in [1.54, 1.807) is 24.3 Å². The Hall–Kier alpha value is -6.72. The Labute approximate surface area is 466 Å². The van der Waals surface area contributed by atoms with Crippen LogP contribution in [0.2, 0.25) is 0 Å². The maximum absolute atomic E-state index is 12.3. The Kier molecular flexibility index (Phi) is 30.4. The molecule has 0 saturated carbocycles. The molecule has 16 heteroatoms. The van der Waals surface area contributed by atoms with Crippen LogP contribution >= 0.6 is 0 Å². The Morgan fingerprint density at radius 3 is 1.03 bits per heavy atom. The van der Waals surface area contributed by atoms with E-state index in [0.29, 0.717) is 35.1 Å². The van der Waals surface area contributed by atoms with Crippen molar-refractivity contribution in [2.45, 2.75) is 172 Å². The summed E-state index contributed by atoms with van der Waals surface area (Å²) in [5.41, 5.74) is 28.4. The molecule has 4 aromatic rings. The van der Waals surface area contributed by atoms with Crippen molar-refractivity contribution < 1.29 is 19.2 Å². The molecule has 0 aliphatic rings. The molecule has 0 aliphatic carbocycles. The van der Waals surface area contributed by atoms with E-state index in [4.69, 9.17) is 44.6 Å². The van der Waals surface area contributed by atoms with Gasteiger partial charge in [-0.3, -0.25) is 40.8 Å². The molecule has 0 aliphatic heterocycles. The zero-order valence-electron chi connectivity index (χ0n) is 49.5. The number of hydrogen-bond acceptors (Lipinski definition) is 12. The largest absolute Gasteiger partial charge is 0.384 e. The highest BCUT2D eigenvalue weighted by molar-refractivity contribution is 5.97. The molecule has 0 spiro atoms. The summed E-state index contributed by atoms with van der Waals surface area (Å²) in [4.78, 5) is 49.1. The third-order valence-electron chi connectivity index (χ3n) is 12.1. The molecule has 4 aromatic carbocycles. The number of carbonyl (C=O) groups is 4. The van der Waals surface area contributed by atoms with Gasteiger partial charge in [0, 0.05) is 70.1 Å². The molecule has 4 atom stereocenters. The van der Waals surface area contributed by atoms with Crippen LogP contribution in [0.25, 0.3) is 0 Å². The van der Waals surface area contributed by atoms with Crippen LogP contribution in [0.4, 0.5) is 0 Å². The maximum Gasteiger partial charge on any atom is 0.156 e. The number of nitrogens with two attached hydrogens (primary N) is 4. The van der Waals surface area contributed by atoms with Crippen LogP contribution in [0.5, 0.6) is 0 Å². The Morgan fingerprint density at radius 1 is 0.359 bits per heavy atom. The van der Waals surface area contributed by atoms with Crippen molar-refractivity contribution in [3.8, 4) is 0 Å². The van der Waals surface area contributed by atoms with Crippen LogP contribution in [-0.4, -0.2) is 82.7 Å². The first-order valence-corrected chi connectivity index (χ1v) is 27.2. The van der Waals surface area contributed by atoms with Gasteiger partial charge in [0.05, 0.1) is 24.2 Å². The fraction of sp³-hybridized carbons (Fsp3) is 0.484. The van der Waals surface area contributed by atoms with Gasteiger partial charge in [0.2, 0.25) is 0 Å². The SMILES string of the molecule is CC(C)NC(C(=O)C(C)C)c1ccc(C(=N)N)cc1.CC(C)NC(C(=O)C(C)C)c1cccc(C(=N)N)c1.CC(C)NC(Cc1ccc(C(=N)N)cc1)C(=O)C(C)C.CC(C)NC(Cc1cccc(C(=N)N)c1)C(=O)C(C)C. The highest BCUT2D eigenvalue weighted by Gasteiger charge is 2.26. The van der Waals surface area contributed by atoms with Crippen molar-refractivity contribution in [2.24, 2.45) is 46.6 Å². The number of rotatable bonds is 26. The normalized spacial score (nSPS) is 12.7. The second-order valence-corrected chi connectivity index (χ2v) is 22.2. The lowest BCUT2D eigenvalue weighted by Crippen LogP contribution is -2.44. The maximum atomic E-state index is 12.3. The lowest BCUT2D eigenvalue weighted by molar-refractivity contribution is -0.125. The molecule has 78 heavy (non-hydrogen) atoms. The molecule has 0 aromatic heterocycles. The van der Waals surface area contributed by atoms with Crippen molar-refractivity contribution in [2.75, 3.05) is 0 Å². The van der Waals surface area contributed by atoms with Crippen LogP contribution in [0, 0.1) is 45.3 Å². The fourth-order valence-corrected chi connectivity index (χ4v) is 8.01. The molecule has 0 bridgehead atoms. The first-order valence-electron chi connectivity index (χ1n) is 27.2. The van der Waals surface area contributed by atoms with Gasteiger partial charge in [-0.15, -0.1) is 0 Å². The summed E-state index contributed by atoms with van der Waals surface area (Å²) < 4.78 is 0. The molecule has 4 unspecified atom stereocenters. The molecular formula is C62H96N12O4. The quantitative estimate of drug-likeness (QED) is 0.0208. The molecule has 0 radical (unpaired) electrons. The summed E-state index contributed by atoms with van der Waals surface area (Å²) in [7, 11) is 0. The fourth-order valence-electron chi connectivity index (χ4n) is 8.01. The summed E-state index contributed by atoms with van der Waals surface area (Å²) in [6.07, 6.45) is 1.28. The lowest BCUT2D eigenvalue weighted by atomic mass is 9.93. The summed E-state index contributed by atoms with van der Waals surface area (Å²) >= 11 is 0. The molecule has 0 amide bonds. The third-order valence-corrected chi connectivity index (χ3v) is 12.1. The number of benzene rings is 4. The van der Waals surface area contributed by atoms with Crippen molar-refractivity contribution >= 4 is 46.5 Å². The van der Waals surface area contributed by atoms with E-state index in [1.807, 2.05) is 184 Å². The second-order valence-electron chi connectivity index (χ2n) is 22.2. The van der Waals surface area contributed by atoms with E-state index in [9.17, 15) is 19.2 Å². The number of nitrogens with one attached hydrogen (secondary N) is 8. The highest BCUT2D eigenvalue weighted by atomic mass is 16.1. The van der Waals surface area contributed by atoms with Gasteiger partial charge in [0.1, 0.15) is 23.3 Å². The summed E-state index contributed by atoms with van der Waals surface area (Å²) in [6, 6.07) is 29.5. The Balaban J connectivity index is 0.000000520. The first kappa shape index (κ1) is 69.3. The molecule has 16 nitrogen and oxygen atoms in total. The minimum absolute atomic E-state index is 0.00207. The zero-order chi connectivity index (χ0) is 59.7. The average molecular weight is 1070 g/mol. The minimum atomic E-state index is -0.348. The number of ketones is 4. The van der Waals surface area contributed by atoms with E-state index < -0.39 is 0 Å². The van der Waals surface area contributed by atoms with Crippen LogP contribution in [0.1, 0.15) is 167 Å². The van der Waals surface area contributed by atoms with Gasteiger partial charge in [0.15, 0.2) is 23.1 Å². The van der Waals surface area contributed by atoms with Gasteiger partial charge in [-0.1, -0.05) is 168 Å². The molecular weight excluding hydrogens is 977 g/mol. The second kappa shape index (κ2) is 34.2. The number of Topliss-reactive ketones (excluding diaryl/α,β-unsaturated/α-hetero) is 4. The van der Waals surface area contributed by atoms with E-state index in [2.05, 4.69) is 21.3 Å². The topological polar surface area (TPSA) is 316 Å². The molecule has 4 rings (SSSR count). The smallest absolute Gasteiger partial charge is 0.156 e. The van der Waals surface area contributed by atoms with Gasteiger partial charge in [-0.2, -0.15) is 0 Å². The van der Waals surface area contributed by atoms with Gasteiger partial charge in [-0.05, 0) is 74.9 Å².